The van der Waals surface area contributed by atoms with Gasteiger partial charge in [0.1, 0.15) is 5.54 Å². The average Bonchev–Trinajstić information content (AvgIpc) is 2.37. The van der Waals surface area contributed by atoms with Crippen molar-refractivity contribution in [2.45, 2.75) is 33.2 Å². The number of carbonyl (C=O) groups excluding carboxylic acids is 1. The summed E-state index contributed by atoms with van der Waals surface area (Å²) in [7, 11) is 0. The van der Waals surface area contributed by atoms with Crippen LogP contribution >= 0.6 is 0 Å². The lowest BCUT2D eigenvalue weighted by Crippen LogP contribution is -2.59. The predicted octanol–water partition coefficient (Wildman–Crippen LogP) is 1.67. The Balaban J connectivity index is 2.91. The zero-order valence-corrected chi connectivity index (χ0v) is 12.4. The van der Waals surface area contributed by atoms with Crippen LogP contribution in [0.5, 0.6) is 0 Å². The van der Waals surface area contributed by atoms with E-state index in [4.69, 9.17) is 5.73 Å². The summed E-state index contributed by atoms with van der Waals surface area (Å²) in [5, 5.41) is 3.19. The van der Waals surface area contributed by atoms with Crippen LogP contribution in [0.1, 0.15) is 26.3 Å². The van der Waals surface area contributed by atoms with Gasteiger partial charge >= 0.3 is 0 Å². The minimum atomic E-state index is -0.713. The maximum atomic E-state index is 11.7. The summed E-state index contributed by atoms with van der Waals surface area (Å²) in [6.07, 6.45) is 0. The Hall–Kier alpha value is -1.55. The summed E-state index contributed by atoms with van der Waals surface area (Å²) in [4.78, 5) is 13.8. The largest absolute Gasteiger partial charge is 0.369 e. The number of aryl methyl sites for hydroxylation is 1. The fraction of sp³-hybridized carbons (Fsp3) is 0.533. The average molecular weight is 263 g/mol. The summed E-state index contributed by atoms with van der Waals surface area (Å²) in [5.41, 5.74) is 7.16. The van der Waals surface area contributed by atoms with Crippen molar-refractivity contribution in [1.29, 1.82) is 0 Å². The van der Waals surface area contributed by atoms with E-state index in [1.807, 2.05) is 13.8 Å². The Morgan fingerprint density at radius 2 is 1.89 bits per heavy atom. The van der Waals surface area contributed by atoms with Gasteiger partial charge in [-0.05, 0) is 39.4 Å². The molecule has 1 unspecified atom stereocenters. The van der Waals surface area contributed by atoms with Crippen molar-refractivity contribution in [3.05, 3.63) is 29.8 Å². The van der Waals surface area contributed by atoms with E-state index in [0.29, 0.717) is 13.1 Å². The molecule has 4 heteroatoms. The quantitative estimate of drug-likeness (QED) is 0.787. The number of hydrogen-bond donors (Lipinski definition) is 2. The molecule has 106 valence electrons. The summed E-state index contributed by atoms with van der Waals surface area (Å²) >= 11 is 0. The van der Waals surface area contributed by atoms with Crippen LogP contribution in [-0.4, -0.2) is 31.1 Å². The number of nitrogens with zero attached hydrogens (tertiary/aromatic N) is 1. The highest BCUT2D eigenvalue weighted by molar-refractivity contribution is 5.85. The number of nitrogens with one attached hydrogen (secondary N) is 1. The van der Waals surface area contributed by atoms with Crippen LogP contribution in [0, 0.1) is 6.92 Å². The minimum Gasteiger partial charge on any atom is -0.369 e. The van der Waals surface area contributed by atoms with E-state index in [1.54, 1.807) is 0 Å². The highest BCUT2D eigenvalue weighted by Crippen LogP contribution is 2.18. The number of benzene rings is 1. The van der Waals surface area contributed by atoms with Crippen molar-refractivity contribution >= 4 is 11.6 Å². The molecule has 0 aliphatic carbocycles. The molecule has 3 N–H and O–H groups in total. The van der Waals surface area contributed by atoms with Gasteiger partial charge in [0.25, 0.3) is 0 Å². The van der Waals surface area contributed by atoms with Crippen molar-refractivity contribution in [3.63, 3.8) is 0 Å². The highest BCUT2D eigenvalue weighted by Gasteiger charge is 2.32. The topological polar surface area (TPSA) is 58.4 Å². The van der Waals surface area contributed by atoms with E-state index < -0.39 is 5.54 Å². The van der Waals surface area contributed by atoms with E-state index in [-0.39, 0.29) is 5.91 Å². The highest BCUT2D eigenvalue weighted by atomic mass is 16.1. The molecule has 1 aromatic carbocycles. The second-order valence-electron chi connectivity index (χ2n) is 5.08. The van der Waals surface area contributed by atoms with E-state index in [9.17, 15) is 4.79 Å². The molecule has 1 atom stereocenters. The Morgan fingerprint density at radius 1 is 1.32 bits per heavy atom. The molecule has 1 aromatic rings. The van der Waals surface area contributed by atoms with Gasteiger partial charge in [-0.1, -0.05) is 24.6 Å². The maximum Gasteiger partial charge on any atom is 0.239 e. The third-order valence-corrected chi connectivity index (χ3v) is 3.40. The van der Waals surface area contributed by atoms with Crippen molar-refractivity contribution in [2.75, 3.05) is 24.5 Å². The summed E-state index contributed by atoms with van der Waals surface area (Å²) in [5.74, 6) is -0.320. The molecule has 0 aromatic heterocycles. The normalized spacial score (nSPS) is 13.9. The molecular weight excluding hydrogens is 238 g/mol. The lowest BCUT2D eigenvalue weighted by Gasteiger charge is -2.34. The van der Waals surface area contributed by atoms with Crippen LogP contribution in [0.25, 0.3) is 0 Å². The molecule has 19 heavy (non-hydrogen) atoms. The number of carbonyl (C=O) groups is 1. The fourth-order valence-electron chi connectivity index (χ4n) is 2.13. The third kappa shape index (κ3) is 3.96. The lowest BCUT2D eigenvalue weighted by molar-refractivity contribution is -0.123. The summed E-state index contributed by atoms with van der Waals surface area (Å²) < 4.78 is 0. The predicted molar refractivity (Wildman–Crippen MR) is 80.3 cm³/mol. The van der Waals surface area contributed by atoms with Gasteiger partial charge in [-0.15, -0.1) is 0 Å². The number of nitrogens with two attached hydrogens (primary N) is 1. The first-order valence-electron chi connectivity index (χ1n) is 6.79. The van der Waals surface area contributed by atoms with Crippen molar-refractivity contribution in [3.8, 4) is 0 Å². The van der Waals surface area contributed by atoms with E-state index in [2.05, 4.69) is 48.3 Å². The zero-order chi connectivity index (χ0) is 14.5. The van der Waals surface area contributed by atoms with Gasteiger partial charge in [0.15, 0.2) is 0 Å². The van der Waals surface area contributed by atoms with Crippen LogP contribution in [0.15, 0.2) is 24.3 Å². The van der Waals surface area contributed by atoms with Crippen LogP contribution in [0.4, 0.5) is 5.69 Å². The van der Waals surface area contributed by atoms with Gasteiger partial charge < -0.3 is 16.0 Å². The zero-order valence-electron chi connectivity index (χ0n) is 12.4. The van der Waals surface area contributed by atoms with E-state index in [0.717, 1.165) is 12.2 Å². The van der Waals surface area contributed by atoms with Crippen LogP contribution in [0.2, 0.25) is 0 Å². The number of primary amides is 1. The molecule has 0 saturated heterocycles. The molecule has 1 rings (SSSR count). The number of rotatable bonds is 7. The Kier molecular flexibility index (Phi) is 5.36. The SMILES string of the molecule is CCNC(C)(CN(CC)c1ccc(C)cc1)C(N)=O. The molecule has 0 spiro atoms. The van der Waals surface area contributed by atoms with Crippen LogP contribution in [-0.2, 0) is 4.79 Å². The van der Waals surface area contributed by atoms with E-state index >= 15 is 0 Å². The molecule has 4 nitrogen and oxygen atoms in total. The molecular formula is C15H25N3O. The lowest BCUT2D eigenvalue weighted by atomic mass is 10.00. The standard InChI is InChI=1S/C15H25N3O/c1-5-17-15(4,14(16)19)11-18(6-2)13-9-7-12(3)8-10-13/h7-10,17H,5-6,11H2,1-4H3,(H2,16,19). The van der Waals surface area contributed by atoms with Crippen molar-refractivity contribution in [1.82, 2.24) is 5.32 Å². The van der Waals surface area contributed by atoms with Gasteiger partial charge in [0.2, 0.25) is 5.91 Å². The van der Waals surface area contributed by atoms with Crippen LogP contribution in [0.3, 0.4) is 0 Å². The Labute approximate surface area is 116 Å². The molecule has 0 aliphatic rings. The first-order valence-corrected chi connectivity index (χ1v) is 6.79. The first-order chi connectivity index (χ1) is 8.92. The van der Waals surface area contributed by atoms with Crippen molar-refractivity contribution in [2.24, 2.45) is 5.73 Å². The molecule has 0 radical (unpaired) electrons. The number of anilines is 1. The number of amides is 1. The van der Waals surface area contributed by atoms with Crippen LogP contribution < -0.4 is 16.0 Å². The number of hydrogen-bond acceptors (Lipinski definition) is 3. The molecule has 0 bridgehead atoms. The first kappa shape index (κ1) is 15.5. The van der Waals surface area contributed by atoms with Crippen molar-refractivity contribution < 1.29 is 4.79 Å². The second-order valence-corrected chi connectivity index (χ2v) is 5.08. The smallest absolute Gasteiger partial charge is 0.239 e. The molecule has 0 saturated carbocycles. The molecule has 0 heterocycles. The monoisotopic (exact) mass is 263 g/mol. The molecule has 0 fully saturated rings. The van der Waals surface area contributed by atoms with E-state index in [1.165, 1.54) is 5.56 Å². The minimum absolute atomic E-state index is 0.320. The maximum absolute atomic E-state index is 11.7. The van der Waals surface area contributed by atoms with Gasteiger partial charge in [0, 0.05) is 18.8 Å². The Morgan fingerprint density at radius 3 is 2.32 bits per heavy atom. The molecule has 0 aliphatic heterocycles. The fourth-order valence-corrected chi connectivity index (χ4v) is 2.13. The Bertz CT molecular complexity index is 416. The summed E-state index contributed by atoms with van der Waals surface area (Å²) in [6.45, 7) is 10.1. The van der Waals surface area contributed by atoms with Gasteiger partial charge in [-0.2, -0.15) is 0 Å². The molecule has 1 amide bonds. The van der Waals surface area contributed by atoms with Gasteiger partial charge in [0.05, 0.1) is 0 Å². The third-order valence-electron chi connectivity index (χ3n) is 3.40. The van der Waals surface area contributed by atoms with Gasteiger partial charge in [-0.25, -0.2) is 0 Å². The number of likely N-dealkylation sites (N-methyl/N-ethyl adjacent to an activating group) is 2. The summed E-state index contributed by atoms with van der Waals surface area (Å²) in [6, 6.07) is 8.30. The van der Waals surface area contributed by atoms with Gasteiger partial charge in [-0.3, -0.25) is 4.79 Å². The second kappa shape index (κ2) is 6.57.